The van der Waals surface area contributed by atoms with Crippen LogP contribution in [0.1, 0.15) is 18.4 Å². The molecule has 0 unspecified atom stereocenters. The normalized spacial score (nSPS) is 20.9. The minimum Gasteiger partial charge on any atom is -0.473 e. The second-order valence-electron chi connectivity index (χ2n) is 4.83. The van der Waals surface area contributed by atoms with Crippen LogP contribution in [0.2, 0.25) is 0 Å². The van der Waals surface area contributed by atoms with Crippen LogP contribution in [0.15, 0.2) is 11.4 Å². The van der Waals surface area contributed by atoms with Crippen molar-refractivity contribution in [2.45, 2.75) is 24.1 Å². The SMILES string of the molecule is CSc1ncc(C#N)c(OC2CC3(COC3)C2)n1. The molecular weight excluding hydrogens is 250 g/mol. The van der Waals surface area contributed by atoms with E-state index in [1.807, 2.05) is 6.26 Å². The first-order valence-electron chi connectivity index (χ1n) is 5.80. The first-order valence-corrected chi connectivity index (χ1v) is 7.03. The Bertz CT molecular complexity index is 503. The monoisotopic (exact) mass is 263 g/mol. The Kier molecular flexibility index (Phi) is 2.88. The molecule has 0 aromatic carbocycles. The summed E-state index contributed by atoms with van der Waals surface area (Å²) in [7, 11) is 0. The number of hydrogen-bond acceptors (Lipinski definition) is 6. The fourth-order valence-corrected chi connectivity index (χ4v) is 2.72. The van der Waals surface area contributed by atoms with Gasteiger partial charge in [0.05, 0.1) is 19.4 Å². The fourth-order valence-electron chi connectivity index (χ4n) is 2.39. The molecule has 1 aromatic rings. The molecule has 0 bridgehead atoms. The van der Waals surface area contributed by atoms with Gasteiger partial charge >= 0.3 is 0 Å². The van der Waals surface area contributed by atoms with Gasteiger partial charge in [-0.1, -0.05) is 11.8 Å². The van der Waals surface area contributed by atoms with E-state index < -0.39 is 0 Å². The van der Waals surface area contributed by atoms with Crippen molar-refractivity contribution >= 4 is 11.8 Å². The average Bonchev–Trinajstić information content (AvgIpc) is 2.30. The molecule has 5 nitrogen and oxygen atoms in total. The highest BCUT2D eigenvalue weighted by atomic mass is 32.2. The summed E-state index contributed by atoms with van der Waals surface area (Å²) in [4.78, 5) is 8.32. The van der Waals surface area contributed by atoms with E-state index in [4.69, 9.17) is 14.7 Å². The summed E-state index contributed by atoms with van der Waals surface area (Å²) >= 11 is 1.44. The number of thioether (sulfide) groups is 1. The highest BCUT2D eigenvalue weighted by Gasteiger charge is 2.51. The summed E-state index contributed by atoms with van der Waals surface area (Å²) < 4.78 is 11.0. The quantitative estimate of drug-likeness (QED) is 0.610. The van der Waals surface area contributed by atoms with Crippen molar-refractivity contribution in [2.24, 2.45) is 5.41 Å². The van der Waals surface area contributed by atoms with E-state index in [0.717, 1.165) is 26.1 Å². The first-order chi connectivity index (χ1) is 8.74. The third-order valence-electron chi connectivity index (χ3n) is 3.45. The largest absolute Gasteiger partial charge is 0.473 e. The van der Waals surface area contributed by atoms with Gasteiger partial charge in [0, 0.05) is 5.41 Å². The van der Waals surface area contributed by atoms with Crippen LogP contribution in [0.3, 0.4) is 0 Å². The molecule has 0 atom stereocenters. The predicted molar refractivity (Wildman–Crippen MR) is 65.4 cm³/mol. The Hall–Kier alpha value is -1.32. The molecule has 2 aliphatic rings. The highest BCUT2D eigenvalue weighted by Crippen LogP contribution is 2.48. The van der Waals surface area contributed by atoms with Gasteiger partial charge in [-0.15, -0.1) is 0 Å². The van der Waals surface area contributed by atoms with Crippen LogP contribution in [-0.2, 0) is 4.74 Å². The van der Waals surface area contributed by atoms with Crippen molar-refractivity contribution in [3.05, 3.63) is 11.8 Å². The van der Waals surface area contributed by atoms with Crippen LogP contribution >= 0.6 is 11.8 Å². The first kappa shape index (κ1) is 11.8. The molecule has 1 saturated carbocycles. The Morgan fingerprint density at radius 3 is 2.89 bits per heavy atom. The van der Waals surface area contributed by atoms with Crippen molar-refractivity contribution in [2.75, 3.05) is 19.5 Å². The summed E-state index contributed by atoms with van der Waals surface area (Å²) in [6, 6.07) is 2.07. The number of aromatic nitrogens is 2. The summed E-state index contributed by atoms with van der Waals surface area (Å²) in [5.41, 5.74) is 0.755. The minimum absolute atomic E-state index is 0.158. The number of nitriles is 1. The molecule has 1 spiro atoms. The molecule has 2 heterocycles. The Morgan fingerprint density at radius 2 is 2.33 bits per heavy atom. The lowest BCUT2D eigenvalue weighted by Crippen LogP contribution is -2.56. The van der Waals surface area contributed by atoms with Gasteiger partial charge in [0.2, 0.25) is 5.88 Å². The second kappa shape index (κ2) is 4.41. The maximum Gasteiger partial charge on any atom is 0.236 e. The van der Waals surface area contributed by atoms with Crippen molar-refractivity contribution in [1.82, 2.24) is 9.97 Å². The van der Waals surface area contributed by atoms with E-state index in [1.165, 1.54) is 18.0 Å². The molecule has 2 fully saturated rings. The third-order valence-corrected chi connectivity index (χ3v) is 4.01. The van der Waals surface area contributed by atoms with Crippen LogP contribution in [0.25, 0.3) is 0 Å². The Labute approximate surface area is 110 Å². The predicted octanol–water partition coefficient (Wildman–Crippen LogP) is 1.63. The molecule has 94 valence electrons. The summed E-state index contributed by atoms with van der Waals surface area (Å²) in [6.07, 6.45) is 5.57. The van der Waals surface area contributed by atoms with E-state index >= 15 is 0 Å². The van der Waals surface area contributed by atoms with Crippen molar-refractivity contribution < 1.29 is 9.47 Å². The van der Waals surface area contributed by atoms with Gasteiger partial charge in [-0.2, -0.15) is 10.2 Å². The van der Waals surface area contributed by atoms with E-state index in [-0.39, 0.29) is 6.10 Å². The second-order valence-corrected chi connectivity index (χ2v) is 5.60. The molecule has 1 saturated heterocycles. The van der Waals surface area contributed by atoms with Crippen LogP contribution in [0, 0.1) is 16.7 Å². The average molecular weight is 263 g/mol. The minimum atomic E-state index is 0.158. The molecule has 3 rings (SSSR count). The van der Waals surface area contributed by atoms with Gasteiger partial charge in [0.15, 0.2) is 5.16 Å². The Morgan fingerprint density at radius 1 is 1.56 bits per heavy atom. The van der Waals surface area contributed by atoms with Gasteiger partial charge in [-0.05, 0) is 19.1 Å². The molecule has 6 heteroatoms. The molecule has 18 heavy (non-hydrogen) atoms. The molecule has 0 amide bonds. The highest BCUT2D eigenvalue weighted by molar-refractivity contribution is 7.98. The Balaban J connectivity index is 1.70. The standard InChI is InChI=1S/C12H13N3O2S/c1-18-11-14-5-8(4-13)10(15-11)17-9-2-12(3-9)6-16-7-12/h5,9H,2-3,6-7H2,1H3. The lowest BCUT2D eigenvalue weighted by atomic mass is 9.65. The van der Waals surface area contributed by atoms with Gasteiger partial charge < -0.3 is 9.47 Å². The summed E-state index contributed by atoms with van der Waals surface area (Å²) in [6.45, 7) is 1.69. The van der Waals surface area contributed by atoms with Crippen LogP contribution in [-0.4, -0.2) is 35.5 Å². The zero-order valence-electron chi connectivity index (χ0n) is 10.0. The molecule has 1 aromatic heterocycles. The summed E-state index contributed by atoms with van der Waals surface area (Å²) in [5.74, 6) is 0.414. The number of nitrogens with zero attached hydrogens (tertiary/aromatic N) is 3. The van der Waals surface area contributed by atoms with E-state index in [1.54, 1.807) is 0 Å². The topological polar surface area (TPSA) is 68.0 Å². The van der Waals surface area contributed by atoms with E-state index in [9.17, 15) is 0 Å². The van der Waals surface area contributed by atoms with Gasteiger partial charge in [0.25, 0.3) is 0 Å². The van der Waals surface area contributed by atoms with Gasteiger partial charge in [-0.25, -0.2) is 4.98 Å². The zero-order chi connectivity index (χ0) is 12.6. The lowest BCUT2D eigenvalue weighted by molar-refractivity contribution is -0.191. The molecule has 0 N–H and O–H groups in total. The maximum absolute atomic E-state index is 9.01. The molecule has 1 aliphatic carbocycles. The molecule has 0 radical (unpaired) electrons. The third kappa shape index (κ3) is 1.93. The zero-order valence-corrected chi connectivity index (χ0v) is 10.9. The number of ether oxygens (including phenoxy) is 2. The number of rotatable bonds is 3. The van der Waals surface area contributed by atoms with E-state index in [2.05, 4.69) is 16.0 Å². The van der Waals surface area contributed by atoms with Crippen molar-refractivity contribution in [3.8, 4) is 11.9 Å². The summed E-state index contributed by atoms with van der Waals surface area (Å²) in [5, 5.41) is 9.64. The van der Waals surface area contributed by atoms with Gasteiger partial charge in [0.1, 0.15) is 17.7 Å². The maximum atomic E-state index is 9.01. The smallest absolute Gasteiger partial charge is 0.236 e. The van der Waals surface area contributed by atoms with Gasteiger partial charge in [-0.3, -0.25) is 0 Å². The van der Waals surface area contributed by atoms with Crippen LogP contribution in [0.5, 0.6) is 5.88 Å². The fraction of sp³-hybridized carbons (Fsp3) is 0.583. The van der Waals surface area contributed by atoms with E-state index in [0.29, 0.717) is 22.0 Å². The van der Waals surface area contributed by atoms with Crippen molar-refractivity contribution in [1.29, 1.82) is 5.26 Å². The molecule has 1 aliphatic heterocycles. The molecular formula is C12H13N3O2S. The van der Waals surface area contributed by atoms with Crippen LogP contribution in [0.4, 0.5) is 0 Å². The number of hydrogen-bond donors (Lipinski definition) is 0. The van der Waals surface area contributed by atoms with Crippen LogP contribution < -0.4 is 4.74 Å². The lowest BCUT2D eigenvalue weighted by Gasteiger charge is -2.52. The van der Waals surface area contributed by atoms with Crippen molar-refractivity contribution in [3.63, 3.8) is 0 Å².